The molecule has 2 aliphatic rings. The predicted octanol–water partition coefficient (Wildman–Crippen LogP) is 0.335. The standard InChI is InChI=1S/C12H18N4O2S/c1-2-7-11(19-16-15-7)12(17)14-9-8(13)6-4-3-5-18-10(6)9/h6,8-10H,2-5,13H2,1H3,(H,14,17). The van der Waals surface area contributed by atoms with Crippen molar-refractivity contribution in [2.24, 2.45) is 11.7 Å². The molecule has 2 heterocycles. The SMILES string of the molecule is CCc1nnsc1C(=O)NC1C(N)C2CCCOC21. The number of ether oxygens (including phenoxy) is 1. The molecule has 7 heteroatoms. The van der Waals surface area contributed by atoms with Crippen LogP contribution in [-0.4, -0.2) is 40.3 Å². The highest BCUT2D eigenvalue weighted by molar-refractivity contribution is 7.08. The molecule has 1 aromatic heterocycles. The molecule has 4 unspecified atom stereocenters. The van der Waals surface area contributed by atoms with Crippen molar-refractivity contribution in [2.75, 3.05) is 6.61 Å². The molecule has 1 saturated carbocycles. The Balaban J connectivity index is 1.67. The number of aryl methyl sites for hydroxylation is 1. The quantitative estimate of drug-likeness (QED) is 0.834. The van der Waals surface area contributed by atoms with E-state index < -0.39 is 0 Å². The van der Waals surface area contributed by atoms with Crippen LogP contribution in [0.3, 0.4) is 0 Å². The molecule has 4 atom stereocenters. The first-order valence-electron chi connectivity index (χ1n) is 6.71. The van der Waals surface area contributed by atoms with E-state index >= 15 is 0 Å². The third kappa shape index (κ3) is 2.15. The summed E-state index contributed by atoms with van der Waals surface area (Å²) in [5, 5.41) is 6.94. The van der Waals surface area contributed by atoms with Crippen molar-refractivity contribution in [3.05, 3.63) is 10.6 Å². The first-order chi connectivity index (χ1) is 9.22. The van der Waals surface area contributed by atoms with Crippen molar-refractivity contribution < 1.29 is 9.53 Å². The van der Waals surface area contributed by atoms with Gasteiger partial charge in [-0.25, -0.2) is 0 Å². The van der Waals surface area contributed by atoms with Crippen LogP contribution in [-0.2, 0) is 11.2 Å². The van der Waals surface area contributed by atoms with Crippen LogP contribution in [0.5, 0.6) is 0 Å². The predicted molar refractivity (Wildman–Crippen MR) is 71.0 cm³/mol. The van der Waals surface area contributed by atoms with Crippen LogP contribution in [0.4, 0.5) is 0 Å². The highest BCUT2D eigenvalue weighted by Crippen LogP contribution is 2.37. The maximum atomic E-state index is 12.2. The normalized spacial score (nSPS) is 33.4. The van der Waals surface area contributed by atoms with E-state index in [1.165, 1.54) is 0 Å². The zero-order valence-electron chi connectivity index (χ0n) is 10.8. The van der Waals surface area contributed by atoms with E-state index in [-0.39, 0.29) is 24.1 Å². The fraction of sp³-hybridized carbons (Fsp3) is 0.750. The molecule has 0 radical (unpaired) electrons. The van der Waals surface area contributed by atoms with Gasteiger partial charge in [0.2, 0.25) is 0 Å². The number of rotatable bonds is 3. The molecule has 1 amide bonds. The molecule has 1 saturated heterocycles. The monoisotopic (exact) mass is 282 g/mol. The first-order valence-corrected chi connectivity index (χ1v) is 7.49. The van der Waals surface area contributed by atoms with Crippen molar-refractivity contribution in [3.63, 3.8) is 0 Å². The molecule has 1 aliphatic heterocycles. The van der Waals surface area contributed by atoms with Gasteiger partial charge in [0.05, 0.1) is 17.8 Å². The van der Waals surface area contributed by atoms with E-state index in [1.807, 2.05) is 6.92 Å². The maximum Gasteiger partial charge on any atom is 0.265 e. The molecule has 0 spiro atoms. The molecule has 6 nitrogen and oxygen atoms in total. The lowest BCUT2D eigenvalue weighted by Crippen LogP contribution is -2.72. The number of carbonyl (C=O) groups is 1. The number of nitrogens with zero attached hydrogens (tertiary/aromatic N) is 2. The number of hydrogen-bond acceptors (Lipinski definition) is 6. The van der Waals surface area contributed by atoms with Crippen LogP contribution in [0.1, 0.15) is 35.1 Å². The van der Waals surface area contributed by atoms with Crippen molar-refractivity contribution in [2.45, 2.75) is 44.4 Å². The fourth-order valence-electron chi connectivity index (χ4n) is 2.96. The van der Waals surface area contributed by atoms with Crippen LogP contribution >= 0.6 is 11.5 Å². The molecule has 0 bridgehead atoms. The number of nitrogens with one attached hydrogen (secondary N) is 1. The van der Waals surface area contributed by atoms with Gasteiger partial charge in [0.1, 0.15) is 4.88 Å². The zero-order valence-corrected chi connectivity index (χ0v) is 11.7. The number of amides is 1. The third-order valence-electron chi connectivity index (χ3n) is 4.07. The Bertz CT molecular complexity index is 478. The average molecular weight is 282 g/mol. The second-order valence-corrected chi connectivity index (χ2v) is 5.87. The van der Waals surface area contributed by atoms with Gasteiger partial charge < -0.3 is 15.8 Å². The molecule has 1 aliphatic carbocycles. The van der Waals surface area contributed by atoms with Gasteiger partial charge in [-0.3, -0.25) is 4.79 Å². The Kier molecular flexibility index (Phi) is 3.51. The van der Waals surface area contributed by atoms with E-state index in [0.717, 1.165) is 36.7 Å². The highest BCUT2D eigenvalue weighted by atomic mass is 32.1. The Morgan fingerprint density at radius 3 is 3.26 bits per heavy atom. The van der Waals surface area contributed by atoms with Gasteiger partial charge in [-0.15, -0.1) is 5.10 Å². The van der Waals surface area contributed by atoms with Gasteiger partial charge in [-0.2, -0.15) is 0 Å². The second-order valence-electron chi connectivity index (χ2n) is 5.12. The molecular weight excluding hydrogens is 264 g/mol. The van der Waals surface area contributed by atoms with Crippen molar-refractivity contribution in [3.8, 4) is 0 Å². The molecule has 1 aromatic rings. The summed E-state index contributed by atoms with van der Waals surface area (Å²) in [7, 11) is 0. The van der Waals surface area contributed by atoms with Crippen LogP contribution in [0.2, 0.25) is 0 Å². The number of aromatic nitrogens is 2. The average Bonchev–Trinajstić information content (AvgIpc) is 2.92. The maximum absolute atomic E-state index is 12.2. The first kappa shape index (κ1) is 13.0. The minimum absolute atomic E-state index is 0.000192. The van der Waals surface area contributed by atoms with Gasteiger partial charge in [0.15, 0.2) is 0 Å². The van der Waals surface area contributed by atoms with Gasteiger partial charge in [-0.1, -0.05) is 11.4 Å². The summed E-state index contributed by atoms with van der Waals surface area (Å²) in [4.78, 5) is 12.8. The largest absolute Gasteiger partial charge is 0.376 e. The lowest BCUT2D eigenvalue weighted by atomic mass is 9.68. The summed E-state index contributed by atoms with van der Waals surface area (Å²) < 4.78 is 9.55. The Hall–Kier alpha value is -1.05. The number of fused-ring (bicyclic) bond motifs is 1. The number of hydrogen-bond donors (Lipinski definition) is 2. The van der Waals surface area contributed by atoms with E-state index in [0.29, 0.717) is 17.2 Å². The van der Waals surface area contributed by atoms with E-state index in [4.69, 9.17) is 10.5 Å². The minimum Gasteiger partial charge on any atom is -0.376 e. The molecule has 19 heavy (non-hydrogen) atoms. The van der Waals surface area contributed by atoms with Crippen molar-refractivity contribution in [1.82, 2.24) is 14.9 Å². The van der Waals surface area contributed by atoms with Crippen molar-refractivity contribution in [1.29, 1.82) is 0 Å². The summed E-state index contributed by atoms with van der Waals surface area (Å²) in [6.07, 6.45) is 2.95. The second kappa shape index (κ2) is 5.15. The van der Waals surface area contributed by atoms with Gasteiger partial charge >= 0.3 is 0 Å². The number of nitrogens with two attached hydrogens (primary N) is 1. The minimum atomic E-state index is -0.125. The van der Waals surface area contributed by atoms with Crippen LogP contribution in [0, 0.1) is 5.92 Å². The Morgan fingerprint density at radius 2 is 2.47 bits per heavy atom. The fourth-order valence-corrected chi connectivity index (χ4v) is 3.61. The Morgan fingerprint density at radius 1 is 1.63 bits per heavy atom. The summed E-state index contributed by atoms with van der Waals surface area (Å²) in [5.41, 5.74) is 6.87. The third-order valence-corrected chi connectivity index (χ3v) is 4.84. The highest BCUT2D eigenvalue weighted by Gasteiger charge is 2.51. The molecular formula is C12H18N4O2S. The summed E-state index contributed by atoms with van der Waals surface area (Å²) in [5.74, 6) is 0.268. The van der Waals surface area contributed by atoms with E-state index in [1.54, 1.807) is 0 Å². The van der Waals surface area contributed by atoms with Crippen LogP contribution < -0.4 is 11.1 Å². The lowest BCUT2D eigenvalue weighted by Gasteiger charge is -2.52. The molecule has 3 rings (SSSR count). The van der Waals surface area contributed by atoms with Gasteiger partial charge in [0.25, 0.3) is 5.91 Å². The molecule has 0 aromatic carbocycles. The molecule has 104 valence electrons. The van der Waals surface area contributed by atoms with Crippen LogP contribution in [0.25, 0.3) is 0 Å². The lowest BCUT2D eigenvalue weighted by molar-refractivity contribution is -0.117. The van der Waals surface area contributed by atoms with Gasteiger partial charge in [0, 0.05) is 18.6 Å². The van der Waals surface area contributed by atoms with Crippen LogP contribution in [0.15, 0.2) is 0 Å². The van der Waals surface area contributed by atoms with Gasteiger partial charge in [-0.05, 0) is 30.8 Å². The van der Waals surface area contributed by atoms with E-state index in [2.05, 4.69) is 14.9 Å². The number of carbonyl (C=O) groups excluding carboxylic acids is 1. The summed E-state index contributed by atoms with van der Waals surface area (Å²) >= 11 is 1.13. The zero-order chi connectivity index (χ0) is 13.4. The molecule has 2 fully saturated rings. The Labute approximate surface area is 115 Å². The smallest absolute Gasteiger partial charge is 0.265 e. The van der Waals surface area contributed by atoms with E-state index in [9.17, 15) is 4.79 Å². The van der Waals surface area contributed by atoms with Crippen molar-refractivity contribution >= 4 is 17.4 Å². The summed E-state index contributed by atoms with van der Waals surface area (Å²) in [6, 6.07) is -0.0789. The summed E-state index contributed by atoms with van der Waals surface area (Å²) in [6.45, 7) is 2.73. The topological polar surface area (TPSA) is 90.1 Å². The molecule has 3 N–H and O–H groups in total.